The molecule has 0 saturated carbocycles. The Labute approximate surface area is 158 Å². The van der Waals surface area contributed by atoms with E-state index in [9.17, 15) is 9.59 Å². The molecule has 26 heavy (non-hydrogen) atoms. The largest absolute Gasteiger partial charge is 0.461 e. The molecule has 1 unspecified atom stereocenters. The number of esters is 1. The summed E-state index contributed by atoms with van der Waals surface area (Å²) in [7, 11) is 0. The number of amides is 2. The van der Waals surface area contributed by atoms with Crippen LogP contribution in [0, 0.1) is 0 Å². The molecule has 0 aromatic heterocycles. The first-order valence-electron chi connectivity index (χ1n) is 8.41. The predicted molar refractivity (Wildman–Crippen MR) is 102 cm³/mol. The lowest BCUT2D eigenvalue weighted by Crippen LogP contribution is -2.34. The minimum absolute atomic E-state index is 0.0192. The van der Waals surface area contributed by atoms with Crippen molar-refractivity contribution in [2.45, 2.75) is 38.8 Å². The predicted octanol–water partition coefficient (Wildman–Crippen LogP) is 4.31. The number of hydrogen-bond acceptors (Lipinski definition) is 3. The lowest BCUT2D eigenvalue weighted by Gasteiger charge is -2.17. The summed E-state index contributed by atoms with van der Waals surface area (Å²) in [5.74, 6) is 0.0262. The molecule has 2 rings (SSSR count). The van der Waals surface area contributed by atoms with Crippen molar-refractivity contribution in [3.05, 3.63) is 70.2 Å². The van der Waals surface area contributed by atoms with Gasteiger partial charge in [0.25, 0.3) is 0 Å². The second-order valence-corrected chi connectivity index (χ2v) is 6.81. The summed E-state index contributed by atoms with van der Waals surface area (Å²) >= 11 is 5.87. The summed E-state index contributed by atoms with van der Waals surface area (Å²) in [6, 6.07) is 13.5. The van der Waals surface area contributed by atoms with Gasteiger partial charge in [0.2, 0.25) is 0 Å². The van der Waals surface area contributed by atoms with Crippen molar-refractivity contribution in [2.75, 3.05) is 0 Å². The molecule has 5 nitrogen and oxygen atoms in total. The molecule has 6 heteroatoms. The molecule has 0 fully saturated rings. The van der Waals surface area contributed by atoms with Gasteiger partial charge in [0.15, 0.2) is 0 Å². The molecule has 0 aliphatic carbocycles. The fourth-order valence-corrected chi connectivity index (χ4v) is 2.63. The fraction of sp³-hybridized carbons (Fsp3) is 0.300. The van der Waals surface area contributed by atoms with Crippen LogP contribution >= 0.6 is 11.6 Å². The summed E-state index contributed by atoms with van der Waals surface area (Å²) in [6.45, 7) is 4.43. The summed E-state index contributed by atoms with van der Waals surface area (Å²) in [6.07, 6.45) is -0.0192. The SMILES string of the molecule is CC(C)c1ccc(COC(=O)CC(NC(N)=O)c2ccc(Cl)cc2)cc1. The van der Waals surface area contributed by atoms with E-state index in [-0.39, 0.29) is 13.0 Å². The Morgan fingerprint density at radius 3 is 2.15 bits per heavy atom. The van der Waals surface area contributed by atoms with Gasteiger partial charge >= 0.3 is 12.0 Å². The molecular weight excluding hydrogens is 352 g/mol. The Morgan fingerprint density at radius 2 is 1.62 bits per heavy atom. The highest BCUT2D eigenvalue weighted by Gasteiger charge is 2.18. The maximum Gasteiger partial charge on any atom is 0.312 e. The highest BCUT2D eigenvalue weighted by Crippen LogP contribution is 2.20. The highest BCUT2D eigenvalue weighted by molar-refractivity contribution is 6.30. The smallest absolute Gasteiger partial charge is 0.312 e. The van der Waals surface area contributed by atoms with E-state index in [0.29, 0.717) is 10.9 Å². The third-order valence-corrected chi connectivity index (χ3v) is 4.26. The average molecular weight is 375 g/mol. The van der Waals surface area contributed by atoms with Crippen molar-refractivity contribution in [1.82, 2.24) is 5.32 Å². The van der Waals surface area contributed by atoms with Gasteiger partial charge in [-0.1, -0.05) is 61.8 Å². The summed E-state index contributed by atoms with van der Waals surface area (Å²) in [5.41, 5.74) is 8.08. The van der Waals surface area contributed by atoms with E-state index in [1.165, 1.54) is 5.56 Å². The maximum absolute atomic E-state index is 12.2. The summed E-state index contributed by atoms with van der Waals surface area (Å²) in [4.78, 5) is 23.4. The zero-order chi connectivity index (χ0) is 19.1. The number of halogens is 1. The molecule has 0 saturated heterocycles. The summed E-state index contributed by atoms with van der Waals surface area (Å²) < 4.78 is 5.33. The van der Waals surface area contributed by atoms with Gasteiger partial charge in [-0.3, -0.25) is 4.79 Å². The van der Waals surface area contributed by atoms with Crippen LogP contribution in [0.5, 0.6) is 0 Å². The number of carbonyl (C=O) groups is 2. The van der Waals surface area contributed by atoms with Gasteiger partial charge in [0, 0.05) is 5.02 Å². The second kappa shape index (κ2) is 9.25. The number of benzene rings is 2. The molecule has 138 valence electrons. The van der Waals surface area contributed by atoms with Gasteiger partial charge in [-0.05, 0) is 34.7 Å². The number of hydrogen-bond donors (Lipinski definition) is 2. The van der Waals surface area contributed by atoms with Crippen LogP contribution < -0.4 is 11.1 Å². The van der Waals surface area contributed by atoms with Crippen LogP contribution in [-0.2, 0) is 16.1 Å². The van der Waals surface area contributed by atoms with Crippen LogP contribution in [-0.4, -0.2) is 12.0 Å². The van der Waals surface area contributed by atoms with E-state index in [1.807, 2.05) is 24.3 Å². The molecule has 2 amide bonds. The van der Waals surface area contributed by atoms with E-state index < -0.39 is 18.0 Å². The molecule has 1 atom stereocenters. The van der Waals surface area contributed by atoms with E-state index >= 15 is 0 Å². The Morgan fingerprint density at radius 1 is 1.04 bits per heavy atom. The lowest BCUT2D eigenvalue weighted by atomic mass is 10.0. The second-order valence-electron chi connectivity index (χ2n) is 6.37. The molecule has 0 aliphatic heterocycles. The molecule has 2 aromatic rings. The van der Waals surface area contributed by atoms with Gasteiger partial charge in [-0.25, -0.2) is 4.79 Å². The maximum atomic E-state index is 12.2. The third kappa shape index (κ3) is 6.08. The standard InChI is InChI=1S/C20H23ClN2O3/c1-13(2)15-5-3-14(4-6-15)12-26-19(24)11-18(23-20(22)25)16-7-9-17(21)10-8-16/h3-10,13,18H,11-12H2,1-2H3,(H3,22,23,25). The Bertz CT molecular complexity index is 743. The molecule has 3 N–H and O–H groups in total. The molecule has 0 aliphatic rings. The molecule has 2 aromatic carbocycles. The zero-order valence-electron chi connectivity index (χ0n) is 14.9. The first kappa shape index (κ1) is 19.8. The van der Waals surface area contributed by atoms with E-state index in [2.05, 4.69) is 19.2 Å². The van der Waals surface area contributed by atoms with E-state index in [0.717, 1.165) is 11.1 Å². The monoisotopic (exact) mass is 374 g/mol. The van der Waals surface area contributed by atoms with Crippen LogP contribution in [0.4, 0.5) is 4.79 Å². The molecule has 0 heterocycles. The Balaban J connectivity index is 1.96. The van der Waals surface area contributed by atoms with Crippen LogP contribution in [0.3, 0.4) is 0 Å². The van der Waals surface area contributed by atoms with Gasteiger partial charge in [0.05, 0.1) is 12.5 Å². The van der Waals surface area contributed by atoms with Gasteiger partial charge < -0.3 is 15.8 Å². The molecule has 0 radical (unpaired) electrons. The van der Waals surface area contributed by atoms with Crippen molar-refractivity contribution in [3.8, 4) is 0 Å². The van der Waals surface area contributed by atoms with Crippen molar-refractivity contribution < 1.29 is 14.3 Å². The number of rotatable bonds is 7. The highest BCUT2D eigenvalue weighted by atomic mass is 35.5. The van der Waals surface area contributed by atoms with Gasteiger partial charge in [0.1, 0.15) is 6.61 Å². The van der Waals surface area contributed by atoms with Crippen molar-refractivity contribution in [3.63, 3.8) is 0 Å². The topological polar surface area (TPSA) is 81.4 Å². The van der Waals surface area contributed by atoms with Crippen molar-refractivity contribution in [1.29, 1.82) is 0 Å². The number of nitrogens with one attached hydrogen (secondary N) is 1. The number of primary amides is 1. The van der Waals surface area contributed by atoms with Crippen LogP contribution in [0.1, 0.15) is 48.9 Å². The molecular formula is C20H23ClN2O3. The van der Waals surface area contributed by atoms with Crippen molar-refractivity contribution in [2.24, 2.45) is 5.73 Å². The number of urea groups is 1. The van der Waals surface area contributed by atoms with Crippen LogP contribution in [0.15, 0.2) is 48.5 Å². The first-order valence-corrected chi connectivity index (χ1v) is 8.79. The number of carbonyl (C=O) groups excluding carboxylic acids is 2. The Kier molecular flexibility index (Phi) is 7.04. The lowest BCUT2D eigenvalue weighted by molar-refractivity contribution is -0.145. The van der Waals surface area contributed by atoms with Gasteiger partial charge in [-0.15, -0.1) is 0 Å². The molecule has 0 bridgehead atoms. The van der Waals surface area contributed by atoms with Crippen LogP contribution in [0.2, 0.25) is 5.02 Å². The normalized spacial score (nSPS) is 11.8. The fourth-order valence-electron chi connectivity index (χ4n) is 2.51. The Hall–Kier alpha value is -2.53. The average Bonchev–Trinajstić information content (AvgIpc) is 2.60. The number of nitrogens with two attached hydrogens (primary N) is 1. The number of ether oxygens (including phenoxy) is 1. The van der Waals surface area contributed by atoms with E-state index in [4.69, 9.17) is 22.1 Å². The minimum atomic E-state index is -0.706. The van der Waals surface area contributed by atoms with Crippen molar-refractivity contribution >= 4 is 23.6 Å². The quantitative estimate of drug-likeness (QED) is 0.708. The van der Waals surface area contributed by atoms with Gasteiger partial charge in [-0.2, -0.15) is 0 Å². The zero-order valence-corrected chi connectivity index (χ0v) is 15.6. The summed E-state index contributed by atoms with van der Waals surface area (Å²) in [5, 5.41) is 3.13. The minimum Gasteiger partial charge on any atom is -0.461 e. The molecule has 0 spiro atoms. The third-order valence-electron chi connectivity index (χ3n) is 4.01. The van der Waals surface area contributed by atoms with Crippen LogP contribution in [0.25, 0.3) is 0 Å². The first-order chi connectivity index (χ1) is 12.3. The van der Waals surface area contributed by atoms with E-state index in [1.54, 1.807) is 24.3 Å².